The summed E-state index contributed by atoms with van der Waals surface area (Å²) in [5.74, 6) is 0.573. The summed E-state index contributed by atoms with van der Waals surface area (Å²) in [6.45, 7) is 6.29. The van der Waals surface area contributed by atoms with Crippen LogP contribution >= 0.6 is 0 Å². The maximum absolute atomic E-state index is 12.5. The summed E-state index contributed by atoms with van der Waals surface area (Å²) in [5.41, 5.74) is -0.182. The second-order valence-electron chi connectivity index (χ2n) is 6.26. The monoisotopic (exact) mass is 238 g/mol. The lowest BCUT2D eigenvalue weighted by Gasteiger charge is -2.40. The molecule has 96 valence electrons. The Balaban J connectivity index is 1.66. The Hall–Kier alpha value is -0.610. The third kappa shape index (κ3) is 2.08. The molecule has 3 aliphatic heterocycles. The molecular formula is C13H22N2O2. The number of ether oxygens (including phenoxy) is 1. The summed E-state index contributed by atoms with van der Waals surface area (Å²) in [4.78, 5) is 14.5. The van der Waals surface area contributed by atoms with Crippen LogP contribution in [-0.2, 0) is 9.53 Å². The number of nitrogens with zero attached hydrogens (tertiary/aromatic N) is 1. The van der Waals surface area contributed by atoms with Crippen LogP contribution in [0.25, 0.3) is 0 Å². The molecule has 2 bridgehead atoms. The molecule has 1 N–H and O–H groups in total. The standard InChI is InChI=1S/C13H22N2O2/c1-13(2)8-15(5-6-17-13)12(16)10-7-9-3-4-11(10)14-9/h9-11,14H,3-8H2,1-2H3. The lowest BCUT2D eigenvalue weighted by molar-refractivity contribution is -0.150. The average Bonchev–Trinajstić information content (AvgIpc) is 2.88. The molecule has 0 aliphatic carbocycles. The van der Waals surface area contributed by atoms with E-state index in [2.05, 4.69) is 19.2 Å². The van der Waals surface area contributed by atoms with Gasteiger partial charge in [-0.15, -0.1) is 0 Å². The van der Waals surface area contributed by atoms with Gasteiger partial charge in [-0.05, 0) is 33.1 Å². The lowest BCUT2D eigenvalue weighted by Crippen LogP contribution is -2.53. The van der Waals surface area contributed by atoms with E-state index in [0.29, 0.717) is 24.6 Å². The molecule has 1 amide bonds. The van der Waals surface area contributed by atoms with E-state index in [1.54, 1.807) is 0 Å². The molecule has 0 aromatic rings. The molecule has 0 spiro atoms. The first-order chi connectivity index (χ1) is 8.05. The van der Waals surface area contributed by atoms with Crippen LogP contribution in [-0.4, -0.2) is 48.2 Å². The minimum Gasteiger partial charge on any atom is -0.372 e. The molecule has 4 nitrogen and oxygen atoms in total. The van der Waals surface area contributed by atoms with E-state index >= 15 is 0 Å². The summed E-state index contributed by atoms with van der Waals surface area (Å²) < 4.78 is 5.66. The van der Waals surface area contributed by atoms with Crippen LogP contribution < -0.4 is 5.32 Å². The zero-order valence-electron chi connectivity index (χ0n) is 10.7. The minimum atomic E-state index is -0.182. The lowest BCUT2D eigenvalue weighted by atomic mass is 9.87. The summed E-state index contributed by atoms with van der Waals surface area (Å²) in [7, 11) is 0. The first-order valence-electron chi connectivity index (χ1n) is 6.74. The maximum atomic E-state index is 12.5. The maximum Gasteiger partial charge on any atom is 0.227 e. The Morgan fingerprint density at radius 3 is 2.82 bits per heavy atom. The minimum absolute atomic E-state index is 0.182. The van der Waals surface area contributed by atoms with Crippen LogP contribution in [0.3, 0.4) is 0 Å². The fourth-order valence-electron chi connectivity index (χ4n) is 3.54. The van der Waals surface area contributed by atoms with Crippen molar-refractivity contribution >= 4 is 5.91 Å². The highest BCUT2D eigenvalue weighted by Gasteiger charge is 2.45. The predicted octanol–water partition coefficient (Wildman–Crippen LogP) is 0.764. The van der Waals surface area contributed by atoms with Gasteiger partial charge in [0.05, 0.1) is 18.1 Å². The Morgan fingerprint density at radius 1 is 1.41 bits per heavy atom. The first kappa shape index (κ1) is 11.5. The summed E-state index contributed by atoms with van der Waals surface area (Å²) >= 11 is 0. The Bertz CT molecular complexity index is 329. The van der Waals surface area contributed by atoms with Gasteiger partial charge in [0.2, 0.25) is 5.91 Å². The van der Waals surface area contributed by atoms with Crippen LogP contribution in [0.15, 0.2) is 0 Å². The molecule has 3 aliphatic rings. The SMILES string of the molecule is CC1(C)CN(C(=O)C2CC3CCC2N3)CCO1. The number of carbonyl (C=O) groups is 1. The quantitative estimate of drug-likeness (QED) is 0.733. The fraction of sp³-hybridized carbons (Fsp3) is 0.923. The molecule has 3 rings (SSSR count). The van der Waals surface area contributed by atoms with Gasteiger partial charge in [0.1, 0.15) is 0 Å². The number of amides is 1. The van der Waals surface area contributed by atoms with E-state index in [1.807, 2.05) is 4.90 Å². The van der Waals surface area contributed by atoms with Crippen molar-refractivity contribution in [1.29, 1.82) is 0 Å². The van der Waals surface area contributed by atoms with Crippen LogP contribution in [0, 0.1) is 5.92 Å². The molecular weight excluding hydrogens is 216 g/mol. The number of fused-ring (bicyclic) bond motifs is 2. The molecule has 4 heteroatoms. The molecule has 0 radical (unpaired) electrons. The molecule has 3 heterocycles. The Labute approximate surface area is 103 Å². The van der Waals surface area contributed by atoms with E-state index in [-0.39, 0.29) is 11.5 Å². The van der Waals surface area contributed by atoms with Gasteiger partial charge in [0.15, 0.2) is 0 Å². The predicted molar refractivity (Wildman–Crippen MR) is 64.7 cm³/mol. The third-order valence-electron chi connectivity index (χ3n) is 4.35. The van der Waals surface area contributed by atoms with Gasteiger partial charge in [0, 0.05) is 25.2 Å². The van der Waals surface area contributed by atoms with E-state index in [4.69, 9.17) is 4.74 Å². The number of rotatable bonds is 1. The van der Waals surface area contributed by atoms with E-state index in [0.717, 1.165) is 19.5 Å². The van der Waals surface area contributed by atoms with Crippen molar-refractivity contribution in [2.75, 3.05) is 19.7 Å². The molecule has 3 atom stereocenters. The number of carbonyl (C=O) groups excluding carboxylic acids is 1. The van der Waals surface area contributed by atoms with Crippen molar-refractivity contribution in [3.8, 4) is 0 Å². The highest BCUT2D eigenvalue weighted by Crippen LogP contribution is 2.35. The zero-order valence-corrected chi connectivity index (χ0v) is 10.7. The summed E-state index contributed by atoms with van der Waals surface area (Å²) in [5, 5.41) is 3.54. The molecule has 3 fully saturated rings. The molecule has 0 aromatic carbocycles. The van der Waals surface area contributed by atoms with Crippen molar-refractivity contribution < 1.29 is 9.53 Å². The van der Waals surface area contributed by atoms with Crippen molar-refractivity contribution in [2.45, 2.75) is 50.8 Å². The molecule has 0 aromatic heterocycles. The van der Waals surface area contributed by atoms with Gasteiger partial charge in [-0.1, -0.05) is 0 Å². The summed E-state index contributed by atoms with van der Waals surface area (Å²) in [6.07, 6.45) is 3.47. The van der Waals surface area contributed by atoms with Crippen LogP contribution in [0.2, 0.25) is 0 Å². The van der Waals surface area contributed by atoms with Gasteiger partial charge >= 0.3 is 0 Å². The van der Waals surface area contributed by atoms with E-state index < -0.39 is 0 Å². The van der Waals surface area contributed by atoms with Gasteiger partial charge in [0.25, 0.3) is 0 Å². The van der Waals surface area contributed by atoms with Crippen LogP contribution in [0.1, 0.15) is 33.1 Å². The van der Waals surface area contributed by atoms with Crippen LogP contribution in [0.4, 0.5) is 0 Å². The first-order valence-corrected chi connectivity index (χ1v) is 6.74. The van der Waals surface area contributed by atoms with Gasteiger partial charge < -0.3 is 15.0 Å². The number of nitrogens with one attached hydrogen (secondary N) is 1. The molecule has 0 saturated carbocycles. The Morgan fingerprint density at radius 2 is 2.24 bits per heavy atom. The largest absolute Gasteiger partial charge is 0.372 e. The van der Waals surface area contributed by atoms with E-state index in [1.165, 1.54) is 12.8 Å². The second-order valence-corrected chi connectivity index (χ2v) is 6.26. The number of hydrogen-bond acceptors (Lipinski definition) is 3. The van der Waals surface area contributed by atoms with Crippen molar-refractivity contribution in [1.82, 2.24) is 10.2 Å². The van der Waals surface area contributed by atoms with Gasteiger partial charge in [-0.2, -0.15) is 0 Å². The summed E-state index contributed by atoms with van der Waals surface area (Å²) in [6, 6.07) is 1.04. The average molecular weight is 238 g/mol. The third-order valence-corrected chi connectivity index (χ3v) is 4.35. The zero-order chi connectivity index (χ0) is 12.0. The molecule has 17 heavy (non-hydrogen) atoms. The Kier molecular flexibility index (Phi) is 2.67. The highest BCUT2D eigenvalue weighted by atomic mass is 16.5. The second kappa shape index (κ2) is 3.95. The van der Waals surface area contributed by atoms with Crippen molar-refractivity contribution in [3.05, 3.63) is 0 Å². The van der Waals surface area contributed by atoms with Gasteiger partial charge in [-0.3, -0.25) is 4.79 Å². The fourth-order valence-corrected chi connectivity index (χ4v) is 3.54. The van der Waals surface area contributed by atoms with E-state index in [9.17, 15) is 4.79 Å². The molecule has 3 saturated heterocycles. The topological polar surface area (TPSA) is 41.6 Å². The smallest absolute Gasteiger partial charge is 0.227 e. The van der Waals surface area contributed by atoms with Crippen molar-refractivity contribution in [2.24, 2.45) is 5.92 Å². The van der Waals surface area contributed by atoms with Crippen molar-refractivity contribution in [3.63, 3.8) is 0 Å². The van der Waals surface area contributed by atoms with Gasteiger partial charge in [-0.25, -0.2) is 0 Å². The molecule has 3 unspecified atom stereocenters. The normalized spacial score (nSPS) is 39.6. The number of morpholine rings is 1. The highest BCUT2D eigenvalue weighted by molar-refractivity contribution is 5.80. The number of hydrogen-bond donors (Lipinski definition) is 1. The van der Waals surface area contributed by atoms with Crippen LogP contribution in [0.5, 0.6) is 0 Å².